The van der Waals surface area contributed by atoms with E-state index in [1.165, 1.54) is 12.8 Å². The summed E-state index contributed by atoms with van der Waals surface area (Å²) in [4.78, 5) is 16.7. The first-order chi connectivity index (χ1) is 11.4. The van der Waals surface area contributed by atoms with E-state index in [0.29, 0.717) is 0 Å². The van der Waals surface area contributed by atoms with Crippen LogP contribution in [0.5, 0.6) is 0 Å². The molecule has 0 amide bonds. The van der Waals surface area contributed by atoms with Crippen molar-refractivity contribution in [2.24, 2.45) is 0 Å². The Morgan fingerprint density at radius 1 is 1.04 bits per heavy atom. The minimum Gasteiger partial charge on any atom is -0.348 e. The summed E-state index contributed by atoms with van der Waals surface area (Å²) in [6, 6.07) is 0. The number of aryl methyl sites for hydroxylation is 2. The number of imidazole rings is 2. The first-order valence-corrected chi connectivity index (χ1v) is 8.90. The van der Waals surface area contributed by atoms with Crippen LogP contribution in [0.15, 0.2) is 37.3 Å². The second-order valence-corrected chi connectivity index (χ2v) is 6.81. The van der Waals surface area contributed by atoms with Gasteiger partial charge in [-0.3, -0.25) is 0 Å². The average Bonchev–Trinajstić information content (AvgIpc) is 3.33. The van der Waals surface area contributed by atoms with Gasteiger partial charge >= 0.3 is 0 Å². The van der Waals surface area contributed by atoms with E-state index >= 15 is 0 Å². The van der Waals surface area contributed by atoms with Crippen LogP contribution in [0.2, 0.25) is 0 Å². The van der Waals surface area contributed by atoms with E-state index in [0.717, 1.165) is 48.4 Å². The zero-order valence-electron chi connectivity index (χ0n) is 13.0. The summed E-state index contributed by atoms with van der Waals surface area (Å²) in [5.74, 6) is 1.03. The van der Waals surface area contributed by atoms with Crippen LogP contribution in [0.4, 0.5) is 5.13 Å². The van der Waals surface area contributed by atoms with Crippen molar-refractivity contribution in [3.05, 3.63) is 37.3 Å². The lowest BCUT2D eigenvalue weighted by Gasteiger charge is -2.12. The third-order valence-electron chi connectivity index (χ3n) is 4.18. The molecule has 0 saturated carbocycles. The molecule has 3 aromatic heterocycles. The molecule has 0 aliphatic carbocycles. The van der Waals surface area contributed by atoms with Gasteiger partial charge in [-0.05, 0) is 19.3 Å². The fraction of sp³-hybridized carbons (Fsp3) is 0.438. The van der Waals surface area contributed by atoms with Gasteiger partial charge in [-0.15, -0.1) is 0 Å². The first kappa shape index (κ1) is 14.4. The Bertz CT molecular complexity index is 738. The second-order valence-electron chi connectivity index (χ2n) is 5.80. The van der Waals surface area contributed by atoms with E-state index in [1.807, 2.05) is 31.1 Å². The number of nitrogens with zero attached hydrogens (tertiary/aromatic N) is 6. The standard InChI is InChI=1S/C16H20N6S/c1-2-8-22(7-1)16-19-12-14(23-16)15-18-5-11-21(15)9-3-6-20-10-4-17-13-20/h4-5,10-13H,1-3,6-9H2. The zero-order chi connectivity index (χ0) is 15.5. The Kier molecular flexibility index (Phi) is 4.10. The molecule has 6 nitrogen and oxygen atoms in total. The van der Waals surface area contributed by atoms with E-state index < -0.39 is 0 Å². The summed E-state index contributed by atoms with van der Waals surface area (Å²) in [6.45, 7) is 4.18. The Morgan fingerprint density at radius 2 is 1.96 bits per heavy atom. The van der Waals surface area contributed by atoms with Crippen LogP contribution in [-0.2, 0) is 13.1 Å². The van der Waals surface area contributed by atoms with Crippen LogP contribution in [0.1, 0.15) is 19.3 Å². The highest BCUT2D eigenvalue weighted by Crippen LogP contribution is 2.31. The van der Waals surface area contributed by atoms with Crippen LogP contribution in [0.25, 0.3) is 10.7 Å². The van der Waals surface area contributed by atoms with Crippen LogP contribution in [-0.4, -0.2) is 37.2 Å². The van der Waals surface area contributed by atoms with Gasteiger partial charge in [-0.25, -0.2) is 15.0 Å². The predicted octanol–water partition coefficient (Wildman–Crippen LogP) is 2.89. The lowest BCUT2D eigenvalue weighted by atomic mass is 10.4. The van der Waals surface area contributed by atoms with Gasteiger partial charge < -0.3 is 14.0 Å². The van der Waals surface area contributed by atoms with Gasteiger partial charge in [-0.1, -0.05) is 11.3 Å². The fourth-order valence-electron chi connectivity index (χ4n) is 2.98. The van der Waals surface area contributed by atoms with Gasteiger partial charge in [0.05, 0.1) is 17.4 Å². The minimum absolute atomic E-state index is 0.949. The van der Waals surface area contributed by atoms with Gasteiger partial charge in [-0.2, -0.15) is 0 Å². The molecule has 0 bridgehead atoms. The summed E-state index contributed by atoms with van der Waals surface area (Å²) in [5.41, 5.74) is 0. The number of anilines is 1. The molecular formula is C16H20N6S. The molecule has 0 N–H and O–H groups in total. The van der Waals surface area contributed by atoms with Crippen LogP contribution >= 0.6 is 11.3 Å². The van der Waals surface area contributed by atoms with Crippen molar-refractivity contribution < 1.29 is 0 Å². The van der Waals surface area contributed by atoms with Crippen molar-refractivity contribution in [3.63, 3.8) is 0 Å². The van der Waals surface area contributed by atoms with E-state index in [1.54, 1.807) is 11.3 Å². The topological polar surface area (TPSA) is 51.8 Å². The first-order valence-electron chi connectivity index (χ1n) is 8.08. The fourth-order valence-corrected chi connectivity index (χ4v) is 3.96. The normalized spacial score (nSPS) is 14.7. The van der Waals surface area contributed by atoms with Crippen molar-refractivity contribution in [2.75, 3.05) is 18.0 Å². The molecule has 7 heteroatoms. The molecular weight excluding hydrogens is 308 g/mol. The minimum atomic E-state index is 0.949. The number of thiazole rings is 1. The molecule has 1 fully saturated rings. The highest BCUT2D eigenvalue weighted by atomic mass is 32.1. The lowest BCUT2D eigenvalue weighted by molar-refractivity contribution is 0.566. The molecule has 0 aromatic carbocycles. The van der Waals surface area contributed by atoms with E-state index in [4.69, 9.17) is 0 Å². The van der Waals surface area contributed by atoms with Gasteiger partial charge in [0.1, 0.15) is 0 Å². The van der Waals surface area contributed by atoms with Gasteiger partial charge in [0.25, 0.3) is 0 Å². The van der Waals surface area contributed by atoms with Crippen molar-refractivity contribution in [3.8, 4) is 10.7 Å². The highest BCUT2D eigenvalue weighted by molar-refractivity contribution is 7.18. The molecule has 0 unspecified atom stereocenters. The van der Waals surface area contributed by atoms with E-state index in [9.17, 15) is 0 Å². The van der Waals surface area contributed by atoms with Crippen molar-refractivity contribution in [1.29, 1.82) is 0 Å². The number of hydrogen-bond acceptors (Lipinski definition) is 5. The third kappa shape index (κ3) is 3.14. The van der Waals surface area contributed by atoms with Crippen LogP contribution in [0.3, 0.4) is 0 Å². The molecule has 0 radical (unpaired) electrons. The largest absolute Gasteiger partial charge is 0.348 e. The predicted molar refractivity (Wildman–Crippen MR) is 91.6 cm³/mol. The highest BCUT2D eigenvalue weighted by Gasteiger charge is 2.17. The lowest BCUT2D eigenvalue weighted by Crippen LogP contribution is -2.16. The quantitative estimate of drug-likeness (QED) is 0.698. The summed E-state index contributed by atoms with van der Waals surface area (Å²) in [6.07, 6.45) is 15.2. The Morgan fingerprint density at radius 3 is 2.78 bits per heavy atom. The van der Waals surface area contributed by atoms with E-state index in [-0.39, 0.29) is 0 Å². The van der Waals surface area contributed by atoms with E-state index in [2.05, 4.69) is 35.2 Å². The molecule has 4 rings (SSSR count). The monoisotopic (exact) mass is 328 g/mol. The summed E-state index contributed by atoms with van der Waals surface area (Å²) in [5, 5.41) is 1.13. The molecule has 0 spiro atoms. The summed E-state index contributed by atoms with van der Waals surface area (Å²) in [7, 11) is 0. The number of rotatable bonds is 6. The molecule has 23 heavy (non-hydrogen) atoms. The molecule has 1 aliphatic heterocycles. The Labute approximate surface area is 139 Å². The Hall–Kier alpha value is -2.15. The van der Waals surface area contributed by atoms with Crippen molar-refractivity contribution >= 4 is 16.5 Å². The second kappa shape index (κ2) is 6.54. The maximum Gasteiger partial charge on any atom is 0.185 e. The maximum absolute atomic E-state index is 4.59. The smallest absolute Gasteiger partial charge is 0.185 e. The van der Waals surface area contributed by atoms with Gasteiger partial charge in [0.2, 0.25) is 0 Å². The number of aromatic nitrogens is 5. The average molecular weight is 328 g/mol. The molecule has 1 aliphatic rings. The number of hydrogen-bond donors (Lipinski definition) is 0. The Balaban J connectivity index is 1.44. The van der Waals surface area contributed by atoms with Crippen LogP contribution in [0, 0.1) is 0 Å². The van der Waals surface area contributed by atoms with Gasteiger partial charge in [0.15, 0.2) is 11.0 Å². The molecule has 0 atom stereocenters. The SMILES string of the molecule is c1cn(CCCn2ccnc2-c2cnc(N3CCCC3)s2)cn1. The maximum atomic E-state index is 4.59. The molecule has 3 aromatic rings. The zero-order valence-corrected chi connectivity index (χ0v) is 13.8. The third-order valence-corrected chi connectivity index (χ3v) is 5.23. The van der Waals surface area contributed by atoms with Crippen LogP contribution < -0.4 is 4.90 Å². The molecule has 1 saturated heterocycles. The van der Waals surface area contributed by atoms with Gasteiger partial charge in [0, 0.05) is 51.0 Å². The summed E-state index contributed by atoms with van der Waals surface area (Å²) >= 11 is 1.75. The van der Waals surface area contributed by atoms with Crippen molar-refractivity contribution in [2.45, 2.75) is 32.4 Å². The molecule has 4 heterocycles. The molecule has 120 valence electrons. The summed E-state index contributed by atoms with van der Waals surface area (Å²) < 4.78 is 4.33. The van der Waals surface area contributed by atoms with Crippen molar-refractivity contribution in [1.82, 2.24) is 24.1 Å².